The standard InChI is InChI=1S/C37H54O6/c1-6-7-8-9-10-11-12-13-14-15-16-17-18-19-20-21-36(40)43-28-31-26-35(42-5)33(37(41)34(31)27-38)23-22-30(4)25-32(39)24-29(2)3/h10-11,13-14,22-24,26-27,30,41H,6-9,12,15-21,25,28H2,1-5H3/b11-10-,14-13-,23-22+. The maximum atomic E-state index is 12.3. The first-order valence-corrected chi connectivity index (χ1v) is 15.9. The second-order valence-corrected chi connectivity index (χ2v) is 11.4. The molecular weight excluding hydrogens is 540 g/mol. The van der Waals surface area contributed by atoms with E-state index in [1.165, 1.54) is 32.8 Å². The summed E-state index contributed by atoms with van der Waals surface area (Å²) >= 11 is 0. The topological polar surface area (TPSA) is 89.9 Å². The number of unbranched alkanes of at least 4 members (excludes halogenated alkanes) is 8. The van der Waals surface area contributed by atoms with Crippen molar-refractivity contribution in [3.8, 4) is 11.5 Å². The van der Waals surface area contributed by atoms with Crippen LogP contribution >= 0.6 is 0 Å². The number of carbonyl (C=O) groups is 3. The third-order valence-electron chi connectivity index (χ3n) is 7.05. The van der Waals surface area contributed by atoms with Crippen molar-refractivity contribution in [3.63, 3.8) is 0 Å². The summed E-state index contributed by atoms with van der Waals surface area (Å²) in [5.41, 5.74) is 1.71. The van der Waals surface area contributed by atoms with Gasteiger partial charge >= 0.3 is 5.97 Å². The van der Waals surface area contributed by atoms with Crippen molar-refractivity contribution in [2.45, 2.75) is 118 Å². The van der Waals surface area contributed by atoms with Gasteiger partial charge in [-0.15, -0.1) is 0 Å². The highest BCUT2D eigenvalue weighted by Crippen LogP contribution is 2.35. The first kappa shape index (κ1) is 37.6. The molecule has 6 heteroatoms. The third-order valence-corrected chi connectivity index (χ3v) is 7.05. The van der Waals surface area contributed by atoms with Crippen LogP contribution < -0.4 is 4.74 Å². The maximum absolute atomic E-state index is 12.3. The molecule has 0 bridgehead atoms. The van der Waals surface area contributed by atoms with Gasteiger partial charge in [-0.05, 0) is 70.4 Å². The summed E-state index contributed by atoms with van der Waals surface area (Å²) in [6, 6.07) is 1.60. The largest absolute Gasteiger partial charge is 0.506 e. The van der Waals surface area contributed by atoms with E-state index < -0.39 is 0 Å². The average molecular weight is 595 g/mol. The number of ketones is 1. The van der Waals surface area contributed by atoms with Gasteiger partial charge in [0, 0.05) is 18.4 Å². The van der Waals surface area contributed by atoms with Crippen LogP contribution in [0.15, 0.2) is 48.1 Å². The van der Waals surface area contributed by atoms with Crippen LogP contribution in [0.25, 0.3) is 6.08 Å². The quantitative estimate of drug-likeness (QED) is 0.0446. The van der Waals surface area contributed by atoms with Gasteiger partial charge in [0.15, 0.2) is 12.1 Å². The molecule has 1 N–H and O–H groups in total. The van der Waals surface area contributed by atoms with Crippen LogP contribution in [-0.4, -0.2) is 30.3 Å². The Labute approximate surface area is 259 Å². The van der Waals surface area contributed by atoms with Crippen LogP contribution in [-0.2, 0) is 20.9 Å². The molecule has 0 aromatic heterocycles. The fourth-order valence-corrected chi connectivity index (χ4v) is 4.65. The van der Waals surface area contributed by atoms with Gasteiger partial charge in [-0.3, -0.25) is 14.4 Å². The Morgan fingerprint density at radius 2 is 1.58 bits per heavy atom. The zero-order chi connectivity index (χ0) is 31.9. The van der Waals surface area contributed by atoms with Gasteiger partial charge in [0.1, 0.15) is 18.1 Å². The summed E-state index contributed by atoms with van der Waals surface area (Å²) in [6.45, 7) is 7.74. The molecule has 0 aliphatic heterocycles. The van der Waals surface area contributed by atoms with E-state index in [2.05, 4.69) is 31.2 Å². The van der Waals surface area contributed by atoms with Crippen molar-refractivity contribution in [3.05, 3.63) is 64.8 Å². The monoisotopic (exact) mass is 594 g/mol. The lowest BCUT2D eigenvalue weighted by Crippen LogP contribution is -2.07. The molecule has 0 spiro atoms. The zero-order valence-corrected chi connectivity index (χ0v) is 27.2. The molecule has 1 aromatic carbocycles. The van der Waals surface area contributed by atoms with Crippen LogP contribution in [0.5, 0.6) is 11.5 Å². The zero-order valence-electron chi connectivity index (χ0n) is 27.2. The lowest BCUT2D eigenvalue weighted by atomic mass is 9.98. The second kappa shape index (κ2) is 23.1. The highest BCUT2D eigenvalue weighted by atomic mass is 16.5. The number of hydrogen-bond donors (Lipinski definition) is 1. The van der Waals surface area contributed by atoms with Crippen molar-refractivity contribution in [2.75, 3.05) is 7.11 Å². The number of ether oxygens (including phenoxy) is 2. The molecule has 1 aromatic rings. The number of allylic oxidation sites excluding steroid dienone is 7. The molecule has 1 rings (SSSR count). The maximum Gasteiger partial charge on any atom is 0.306 e. The molecule has 238 valence electrons. The van der Waals surface area contributed by atoms with Gasteiger partial charge in [0.2, 0.25) is 0 Å². The van der Waals surface area contributed by atoms with E-state index in [4.69, 9.17) is 9.47 Å². The van der Waals surface area contributed by atoms with Crippen LogP contribution in [0.3, 0.4) is 0 Å². The number of phenolic OH excluding ortho intramolecular Hbond substituents is 1. The lowest BCUT2D eigenvalue weighted by Gasteiger charge is -2.14. The molecule has 0 heterocycles. The van der Waals surface area contributed by atoms with Crippen LogP contribution in [0.2, 0.25) is 0 Å². The van der Waals surface area contributed by atoms with Crippen LogP contribution in [0.1, 0.15) is 133 Å². The minimum atomic E-state index is -0.334. The summed E-state index contributed by atoms with van der Waals surface area (Å²) in [7, 11) is 1.47. The molecule has 0 amide bonds. The molecule has 0 saturated heterocycles. The number of hydrogen-bond acceptors (Lipinski definition) is 6. The van der Waals surface area contributed by atoms with Crippen molar-refractivity contribution < 1.29 is 29.0 Å². The number of phenols is 1. The normalized spacial score (nSPS) is 12.2. The molecule has 0 radical (unpaired) electrons. The Balaban J connectivity index is 2.47. The molecule has 1 unspecified atom stereocenters. The van der Waals surface area contributed by atoms with Crippen molar-refractivity contribution >= 4 is 24.1 Å². The van der Waals surface area contributed by atoms with Gasteiger partial charge in [0.25, 0.3) is 0 Å². The first-order valence-electron chi connectivity index (χ1n) is 15.9. The van der Waals surface area contributed by atoms with E-state index >= 15 is 0 Å². The van der Waals surface area contributed by atoms with Crippen molar-refractivity contribution in [1.82, 2.24) is 0 Å². The minimum Gasteiger partial charge on any atom is -0.506 e. The number of aromatic hydroxyl groups is 1. The lowest BCUT2D eigenvalue weighted by molar-refractivity contribution is -0.145. The van der Waals surface area contributed by atoms with Gasteiger partial charge in [-0.25, -0.2) is 0 Å². The fraction of sp³-hybridized carbons (Fsp3) is 0.541. The summed E-state index contributed by atoms with van der Waals surface area (Å²) in [5.74, 6) is -0.282. The Morgan fingerprint density at radius 1 is 0.930 bits per heavy atom. The van der Waals surface area contributed by atoms with Crippen molar-refractivity contribution in [1.29, 1.82) is 0 Å². The molecule has 0 aliphatic carbocycles. The number of benzene rings is 1. The molecule has 0 fully saturated rings. The van der Waals surface area contributed by atoms with Gasteiger partial charge < -0.3 is 14.6 Å². The van der Waals surface area contributed by atoms with Crippen LogP contribution in [0.4, 0.5) is 0 Å². The Bertz CT molecular complexity index is 1100. The predicted molar refractivity (Wildman–Crippen MR) is 176 cm³/mol. The summed E-state index contributed by atoms with van der Waals surface area (Å²) in [5, 5.41) is 10.8. The Kier molecular flexibility index (Phi) is 20.2. The molecule has 0 aliphatic rings. The smallest absolute Gasteiger partial charge is 0.306 e. The number of esters is 1. The van der Waals surface area contributed by atoms with E-state index in [0.29, 0.717) is 36.0 Å². The van der Waals surface area contributed by atoms with E-state index in [9.17, 15) is 19.5 Å². The first-order chi connectivity index (χ1) is 20.7. The predicted octanol–water partition coefficient (Wildman–Crippen LogP) is 9.64. The molecule has 1 atom stereocenters. The van der Waals surface area contributed by atoms with E-state index in [1.54, 1.807) is 24.3 Å². The van der Waals surface area contributed by atoms with E-state index in [-0.39, 0.29) is 35.6 Å². The van der Waals surface area contributed by atoms with Gasteiger partial charge in [-0.2, -0.15) is 0 Å². The summed E-state index contributed by atoms with van der Waals surface area (Å²) < 4.78 is 10.9. The third kappa shape index (κ3) is 16.7. The second-order valence-electron chi connectivity index (χ2n) is 11.4. The van der Waals surface area contributed by atoms with Crippen LogP contribution in [0, 0.1) is 5.92 Å². The molecule has 0 saturated carbocycles. The van der Waals surface area contributed by atoms with Gasteiger partial charge in [-0.1, -0.05) is 88.0 Å². The Hall–Kier alpha value is -3.41. The molecule has 6 nitrogen and oxygen atoms in total. The molecule has 43 heavy (non-hydrogen) atoms. The number of aldehydes is 1. The van der Waals surface area contributed by atoms with Crippen molar-refractivity contribution in [2.24, 2.45) is 5.92 Å². The molecular formula is C37H54O6. The van der Waals surface area contributed by atoms with E-state index in [0.717, 1.165) is 50.5 Å². The summed E-state index contributed by atoms with van der Waals surface area (Å²) in [6.07, 6.45) is 27.5. The SMILES string of the molecule is CCCCC/C=C\C/C=C\CCCCCCCC(=O)OCc1cc(OC)c(/C=C/C(C)CC(=O)C=C(C)C)c(O)c1C=O. The summed E-state index contributed by atoms with van der Waals surface area (Å²) in [4.78, 5) is 36.2. The average Bonchev–Trinajstić information content (AvgIpc) is 2.96. The Morgan fingerprint density at radius 3 is 2.21 bits per heavy atom. The number of carbonyl (C=O) groups excluding carboxylic acids is 3. The highest BCUT2D eigenvalue weighted by molar-refractivity contribution is 5.90. The van der Waals surface area contributed by atoms with Gasteiger partial charge in [0.05, 0.1) is 18.2 Å². The highest BCUT2D eigenvalue weighted by Gasteiger charge is 2.18. The number of methoxy groups -OCH3 is 1. The van der Waals surface area contributed by atoms with E-state index in [1.807, 2.05) is 20.8 Å². The minimum absolute atomic E-state index is 0.0268. The fourth-order valence-electron chi connectivity index (χ4n) is 4.65. The number of rotatable bonds is 23.